The minimum Gasteiger partial charge on any atom is -0.387 e. The molecule has 0 heterocycles. The van der Waals surface area contributed by atoms with Crippen LogP contribution in [0.25, 0.3) is 0 Å². The molecule has 0 amide bonds. The molecule has 7 N–H and O–H groups in total. The number of aliphatic hydroxyl groups excluding tert-OH is 5. The number of rotatable bonds is 2. The van der Waals surface area contributed by atoms with E-state index in [2.05, 4.69) is 4.52 Å². The van der Waals surface area contributed by atoms with Gasteiger partial charge in [0, 0.05) is 48.9 Å². The first kappa shape index (κ1) is 18.5. The van der Waals surface area contributed by atoms with E-state index in [4.69, 9.17) is 14.9 Å². The zero-order valence-electron chi connectivity index (χ0n) is 8.57. The maximum atomic E-state index is 10.5. The Bertz CT molecular complexity index is 279. The van der Waals surface area contributed by atoms with Gasteiger partial charge in [0.2, 0.25) is 0 Å². The zero-order chi connectivity index (χ0) is 12.7. The summed E-state index contributed by atoms with van der Waals surface area (Å²) >= 11 is 0. The van der Waals surface area contributed by atoms with E-state index in [1.807, 2.05) is 0 Å². The molecule has 1 aliphatic carbocycles. The van der Waals surface area contributed by atoms with Gasteiger partial charge in [-0.1, -0.05) is 0 Å². The van der Waals surface area contributed by atoms with E-state index in [0.717, 1.165) is 0 Å². The predicted octanol–water partition coefficient (Wildman–Crippen LogP) is -4.10. The van der Waals surface area contributed by atoms with Gasteiger partial charge in [-0.05, 0) is 0 Å². The van der Waals surface area contributed by atoms with Crippen LogP contribution in [0.4, 0.5) is 0 Å². The van der Waals surface area contributed by atoms with Crippen LogP contribution in [0.15, 0.2) is 0 Å². The van der Waals surface area contributed by atoms with Gasteiger partial charge in [0.25, 0.3) is 0 Å². The normalized spacial score (nSPS) is 43.0. The number of phosphoric acid groups is 1. The van der Waals surface area contributed by atoms with Gasteiger partial charge < -0.3 is 35.3 Å². The van der Waals surface area contributed by atoms with E-state index in [0.29, 0.717) is 0 Å². The van der Waals surface area contributed by atoms with E-state index in [1.54, 1.807) is 0 Å². The molecule has 11 heteroatoms. The Kier molecular flexibility index (Phi) is 7.36. The van der Waals surface area contributed by atoms with Gasteiger partial charge in [0.05, 0.1) is 0 Å². The summed E-state index contributed by atoms with van der Waals surface area (Å²) in [5.74, 6) is 0. The Balaban J connectivity index is 0.00000256. The van der Waals surface area contributed by atoms with Gasteiger partial charge in [-0.15, -0.1) is 0 Å². The Morgan fingerprint density at radius 1 is 0.765 bits per heavy atom. The molecule has 9 nitrogen and oxygen atoms in total. The predicted molar refractivity (Wildman–Crippen MR) is 52.7 cm³/mol. The summed E-state index contributed by atoms with van der Waals surface area (Å²) in [5, 5.41) is 46.1. The third-order valence-corrected chi connectivity index (χ3v) is 2.85. The van der Waals surface area contributed by atoms with Crippen molar-refractivity contribution < 1.29 is 44.4 Å². The molecule has 1 saturated carbocycles. The summed E-state index contributed by atoms with van der Waals surface area (Å²) in [7, 11) is -5.01. The Morgan fingerprint density at radius 3 is 1.35 bits per heavy atom. The fraction of sp³-hybridized carbons (Fsp3) is 1.00. The summed E-state index contributed by atoms with van der Waals surface area (Å²) in [5.41, 5.74) is 0. The van der Waals surface area contributed by atoms with Crippen molar-refractivity contribution >= 4 is 56.7 Å². The topological polar surface area (TPSA) is 168 Å². The van der Waals surface area contributed by atoms with Gasteiger partial charge in [0.15, 0.2) is 0 Å². The van der Waals surface area contributed by atoms with Gasteiger partial charge in [-0.2, -0.15) is 0 Å². The van der Waals surface area contributed by atoms with Crippen LogP contribution in [-0.4, -0.2) is 121 Å². The summed E-state index contributed by atoms with van der Waals surface area (Å²) in [4.78, 5) is 17.0. The maximum Gasteiger partial charge on any atom is 0.470 e. The van der Waals surface area contributed by atoms with E-state index in [-0.39, 0.29) is 48.9 Å². The maximum absolute atomic E-state index is 10.5. The molecule has 0 saturated heterocycles. The van der Waals surface area contributed by atoms with E-state index in [9.17, 15) is 25.0 Å². The minimum absolute atomic E-state index is 0. The van der Waals surface area contributed by atoms with Crippen molar-refractivity contribution in [1.29, 1.82) is 0 Å². The van der Waals surface area contributed by atoms with Crippen LogP contribution in [0.3, 0.4) is 0 Å². The second kappa shape index (κ2) is 6.77. The van der Waals surface area contributed by atoms with Crippen LogP contribution >= 0.6 is 7.82 Å². The first-order valence-corrected chi connectivity index (χ1v) is 5.82. The monoisotopic (exact) mass is 398 g/mol. The van der Waals surface area contributed by atoms with Crippen LogP contribution in [0.2, 0.25) is 0 Å². The van der Waals surface area contributed by atoms with Crippen molar-refractivity contribution in [1.82, 2.24) is 0 Å². The smallest absolute Gasteiger partial charge is 0.387 e. The van der Waals surface area contributed by atoms with Crippen LogP contribution in [0.1, 0.15) is 0 Å². The van der Waals surface area contributed by atoms with Crippen molar-refractivity contribution in [2.75, 3.05) is 0 Å². The number of aliphatic hydroxyl groups is 5. The zero-order valence-corrected chi connectivity index (χ0v) is 13.9. The molecule has 1 aliphatic rings. The molecular formula is C6H13BaO9P. The second-order valence-corrected chi connectivity index (χ2v) is 4.71. The molecule has 98 valence electrons. The Labute approximate surface area is 136 Å². The molecule has 0 aromatic rings. The fourth-order valence-corrected chi connectivity index (χ4v) is 2.05. The first-order chi connectivity index (χ1) is 7.15. The van der Waals surface area contributed by atoms with Crippen molar-refractivity contribution in [2.45, 2.75) is 36.6 Å². The van der Waals surface area contributed by atoms with E-state index < -0.39 is 44.4 Å². The van der Waals surface area contributed by atoms with Crippen molar-refractivity contribution in [2.24, 2.45) is 0 Å². The van der Waals surface area contributed by atoms with Crippen molar-refractivity contribution in [3.05, 3.63) is 0 Å². The SMILES string of the molecule is O=P(O)(O)OC1C(O)C(O)C(O)C(O)C1O.[Ba]. The Hall–Kier alpha value is 1.48. The molecule has 1 rings (SSSR count). The Morgan fingerprint density at radius 2 is 1.06 bits per heavy atom. The molecule has 0 aromatic carbocycles. The fourth-order valence-electron chi connectivity index (χ4n) is 1.48. The minimum atomic E-state index is -5.01. The molecule has 0 aromatic heterocycles. The van der Waals surface area contributed by atoms with Crippen LogP contribution in [-0.2, 0) is 9.09 Å². The summed E-state index contributed by atoms with van der Waals surface area (Å²) in [6.07, 6.45) is -11.3. The summed E-state index contributed by atoms with van der Waals surface area (Å²) in [6.45, 7) is 0. The third-order valence-electron chi connectivity index (χ3n) is 2.33. The third kappa shape index (κ3) is 4.51. The molecule has 4 unspecified atom stereocenters. The number of hydrogen-bond acceptors (Lipinski definition) is 7. The summed E-state index contributed by atoms with van der Waals surface area (Å²) in [6, 6.07) is 0. The van der Waals surface area contributed by atoms with Crippen molar-refractivity contribution in [3.8, 4) is 0 Å². The van der Waals surface area contributed by atoms with Crippen LogP contribution in [0, 0.1) is 0 Å². The van der Waals surface area contributed by atoms with Gasteiger partial charge in [-0.25, -0.2) is 4.57 Å². The van der Waals surface area contributed by atoms with E-state index in [1.165, 1.54) is 0 Å². The van der Waals surface area contributed by atoms with Crippen LogP contribution in [0.5, 0.6) is 0 Å². The first-order valence-electron chi connectivity index (χ1n) is 4.29. The molecule has 4 atom stereocenters. The largest absolute Gasteiger partial charge is 0.470 e. The van der Waals surface area contributed by atoms with Crippen LogP contribution < -0.4 is 0 Å². The molecule has 17 heavy (non-hydrogen) atoms. The quantitative estimate of drug-likeness (QED) is 0.181. The number of phosphoric ester groups is 1. The molecule has 2 radical (unpaired) electrons. The second-order valence-electron chi connectivity index (χ2n) is 3.51. The molecule has 1 fully saturated rings. The van der Waals surface area contributed by atoms with Gasteiger partial charge >= 0.3 is 7.82 Å². The number of hydrogen-bond donors (Lipinski definition) is 7. The van der Waals surface area contributed by atoms with Gasteiger partial charge in [0.1, 0.15) is 36.6 Å². The van der Waals surface area contributed by atoms with Gasteiger partial charge in [-0.3, -0.25) is 4.52 Å². The average molecular weight is 397 g/mol. The summed E-state index contributed by atoms with van der Waals surface area (Å²) < 4.78 is 14.5. The standard InChI is InChI=1S/C6H13O9P.Ba/c7-1-2(8)4(10)6(5(11)3(1)9)15-16(12,13)14;/h1-11H,(H2,12,13,14);. The average Bonchev–Trinajstić information content (AvgIpc) is 2.17. The van der Waals surface area contributed by atoms with E-state index >= 15 is 0 Å². The molecule has 0 spiro atoms. The van der Waals surface area contributed by atoms with Crippen molar-refractivity contribution in [3.63, 3.8) is 0 Å². The molecular weight excluding hydrogens is 384 g/mol. The molecule has 0 aliphatic heterocycles. The molecule has 0 bridgehead atoms.